The molecule has 0 aliphatic carbocycles. The van der Waals surface area contributed by atoms with Gasteiger partial charge in [-0.3, -0.25) is 0 Å². The van der Waals surface area contributed by atoms with E-state index < -0.39 is 18.1 Å². The van der Waals surface area contributed by atoms with Crippen LogP contribution in [-0.2, 0) is 9.47 Å². The van der Waals surface area contributed by atoms with Gasteiger partial charge in [0.15, 0.2) is 0 Å². The van der Waals surface area contributed by atoms with Crippen molar-refractivity contribution < 1.29 is 23.9 Å². The number of esters is 1. The Bertz CT molecular complexity index is 661. The Labute approximate surface area is 146 Å². The largest absolute Gasteiger partial charge is 0.462 e. The van der Waals surface area contributed by atoms with E-state index in [-0.39, 0.29) is 13.2 Å². The maximum Gasteiger partial charge on any atom is 0.429 e. The maximum absolute atomic E-state index is 12.4. The lowest BCUT2D eigenvalue weighted by atomic mass is 10.2. The predicted molar refractivity (Wildman–Crippen MR) is 91.0 cm³/mol. The minimum Gasteiger partial charge on any atom is -0.462 e. The fourth-order valence-electron chi connectivity index (χ4n) is 2.34. The molecule has 1 aromatic carbocycles. The lowest BCUT2D eigenvalue weighted by Crippen LogP contribution is -2.47. The molecule has 0 unspecified atom stereocenters. The van der Waals surface area contributed by atoms with Crippen molar-refractivity contribution in [2.45, 2.75) is 13.3 Å². The Morgan fingerprint density at radius 3 is 2.72 bits per heavy atom. The molecule has 1 fully saturated rings. The van der Waals surface area contributed by atoms with Crippen LogP contribution >= 0.6 is 0 Å². The smallest absolute Gasteiger partial charge is 0.429 e. The first-order chi connectivity index (χ1) is 12.1. The van der Waals surface area contributed by atoms with E-state index >= 15 is 0 Å². The van der Waals surface area contributed by atoms with Crippen LogP contribution in [-0.4, -0.2) is 54.4 Å². The zero-order valence-corrected chi connectivity index (χ0v) is 14.1. The second kappa shape index (κ2) is 8.72. The van der Waals surface area contributed by atoms with Crippen LogP contribution in [0.5, 0.6) is 0 Å². The summed E-state index contributed by atoms with van der Waals surface area (Å²) < 4.78 is 9.90. The fraction of sp³-hybridized carbons (Fsp3) is 0.353. The first-order valence-electron chi connectivity index (χ1n) is 7.97. The van der Waals surface area contributed by atoms with Gasteiger partial charge in [-0.2, -0.15) is 0 Å². The van der Waals surface area contributed by atoms with Crippen LogP contribution in [0.2, 0.25) is 0 Å². The molecule has 25 heavy (non-hydrogen) atoms. The molecule has 1 saturated heterocycles. The van der Waals surface area contributed by atoms with Gasteiger partial charge < -0.3 is 14.8 Å². The molecule has 0 saturated carbocycles. The minimum absolute atomic E-state index is 0.0758. The lowest BCUT2D eigenvalue weighted by Gasteiger charge is -2.27. The van der Waals surface area contributed by atoms with Crippen LogP contribution in [0.25, 0.3) is 0 Å². The van der Waals surface area contributed by atoms with E-state index in [4.69, 9.17) is 9.47 Å². The summed E-state index contributed by atoms with van der Waals surface area (Å²) in [5.41, 5.74) is 0.769. The Hall–Kier alpha value is -3.03. The van der Waals surface area contributed by atoms with Gasteiger partial charge in [0.1, 0.15) is 6.61 Å². The minimum atomic E-state index is -0.604. The van der Waals surface area contributed by atoms with E-state index in [1.807, 2.05) is 0 Å². The first-order valence-corrected chi connectivity index (χ1v) is 7.97. The van der Waals surface area contributed by atoms with Gasteiger partial charge in [0.2, 0.25) is 0 Å². The molecular formula is C17H21N3O5. The average molecular weight is 347 g/mol. The third-order valence-electron chi connectivity index (χ3n) is 3.43. The van der Waals surface area contributed by atoms with Crippen molar-refractivity contribution >= 4 is 23.8 Å². The number of hydrogen-bond acceptors (Lipinski definition) is 5. The molecule has 1 aromatic rings. The van der Waals surface area contributed by atoms with E-state index in [0.717, 1.165) is 0 Å². The molecule has 0 bridgehead atoms. The van der Waals surface area contributed by atoms with Gasteiger partial charge in [-0.15, -0.1) is 0 Å². The number of hydrazine groups is 1. The van der Waals surface area contributed by atoms with Crippen LogP contribution < -0.4 is 5.32 Å². The van der Waals surface area contributed by atoms with Crippen LogP contribution in [0.3, 0.4) is 0 Å². The van der Waals surface area contributed by atoms with Crippen molar-refractivity contribution in [3.63, 3.8) is 0 Å². The molecule has 0 atom stereocenters. The summed E-state index contributed by atoms with van der Waals surface area (Å²) in [6.07, 6.45) is 1.51. The number of urea groups is 1. The molecule has 2 rings (SSSR count). The predicted octanol–water partition coefficient (Wildman–Crippen LogP) is 2.64. The van der Waals surface area contributed by atoms with Gasteiger partial charge >= 0.3 is 18.1 Å². The van der Waals surface area contributed by atoms with Crippen molar-refractivity contribution in [2.24, 2.45) is 0 Å². The number of benzene rings is 1. The van der Waals surface area contributed by atoms with Gasteiger partial charge in [0.05, 0.1) is 12.2 Å². The standard InChI is InChI=1S/C17H21N3O5/c1-3-11-25-17(23)20-10-6-9-19(20)16(22)18-14-8-5-7-13(12-14)15(21)24-4-2/h3,5,7-8,12H,1,4,6,9-11H2,2H3,(H,18,22). The third-order valence-corrected chi connectivity index (χ3v) is 3.43. The van der Waals surface area contributed by atoms with Crippen molar-refractivity contribution in [1.29, 1.82) is 0 Å². The van der Waals surface area contributed by atoms with Gasteiger partial charge in [-0.1, -0.05) is 18.7 Å². The Balaban J connectivity index is 2.03. The summed E-state index contributed by atoms with van der Waals surface area (Å²) in [7, 11) is 0. The van der Waals surface area contributed by atoms with E-state index in [0.29, 0.717) is 30.8 Å². The summed E-state index contributed by atoms with van der Waals surface area (Å²) >= 11 is 0. The normalized spacial score (nSPS) is 13.3. The highest BCUT2D eigenvalue weighted by atomic mass is 16.6. The molecule has 0 spiro atoms. The highest BCUT2D eigenvalue weighted by molar-refractivity contribution is 5.94. The highest BCUT2D eigenvalue weighted by Crippen LogP contribution is 2.17. The summed E-state index contributed by atoms with van der Waals surface area (Å²) in [5, 5.41) is 5.20. The van der Waals surface area contributed by atoms with Crippen molar-refractivity contribution in [2.75, 3.05) is 31.6 Å². The monoisotopic (exact) mass is 347 g/mol. The number of amides is 3. The van der Waals surface area contributed by atoms with Gasteiger partial charge in [-0.25, -0.2) is 24.4 Å². The number of nitrogens with one attached hydrogen (secondary N) is 1. The SMILES string of the molecule is C=CCOC(=O)N1CCCN1C(=O)Nc1cccc(C(=O)OCC)c1. The van der Waals surface area contributed by atoms with Gasteiger partial charge in [0, 0.05) is 18.8 Å². The number of rotatable bonds is 5. The van der Waals surface area contributed by atoms with E-state index in [9.17, 15) is 14.4 Å². The number of hydrogen-bond donors (Lipinski definition) is 1. The van der Waals surface area contributed by atoms with Gasteiger partial charge in [-0.05, 0) is 31.5 Å². The lowest BCUT2D eigenvalue weighted by molar-refractivity contribution is 0.0448. The van der Waals surface area contributed by atoms with Crippen molar-refractivity contribution in [3.8, 4) is 0 Å². The fourth-order valence-corrected chi connectivity index (χ4v) is 2.34. The molecule has 3 amide bonds. The third kappa shape index (κ3) is 4.72. The number of nitrogens with zero attached hydrogens (tertiary/aromatic N) is 2. The van der Waals surface area contributed by atoms with Crippen LogP contribution in [0.1, 0.15) is 23.7 Å². The Kier molecular flexibility index (Phi) is 6.39. The highest BCUT2D eigenvalue weighted by Gasteiger charge is 2.31. The second-order valence-electron chi connectivity index (χ2n) is 5.20. The van der Waals surface area contributed by atoms with Crippen molar-refractivity contribution in [3.05, 3.63) is 42.5 Å². The van der Waals surface area contributed by atoms with E-state index in [2.05, 4.69) is 11.9 Å². The zero-order chi connectivity index (χ0) is 18.2. The van der Waals surface area contributed by atoms with Crippen LogP contribution in [0.4, 0.5) is 15.3 Å². The van der Waals surface area contributed by atoms with Crippen molar-refractivity contribution in [1.82, 2.24) is 10.0 Å². The Morgan fingerprint density at radius 2 is 2.00 bits per heavy atom. The molecule has 8 heteroatoms. The molecule has 1 aliphatic rings. The van der Waals surface area contributed by atoms with Crippen LogP contribution in [0, 0.1) is 0 Å². The number of carbonyl (C=O) groups excluding carboxylic acids is 3. The van der Waals surface area contributed by atoms with Gasteiger partial charge in [0.25, 0.3) is 0 Å². The average Bonchev–Trinajstić information content (AvgIpc) is 3.10. The summed E-state index contributed by atoms with van der Waals surface area (Å²) in [6, 6.07) is 5.93. The summed E-state index contributed by atoms with van der Waals surface area (Å²) in [6.45, 7) is 6.33. The number of carbonyl (C=O) groups is 3. The topological polar surface area (TPSA) is 88.2 Å². The van der Waals surface area contributed by atoms with E-state index in [1.165, 1.54) is 22.2 Å². The van der Waals surface area contributed by atoms with Crippen LogP contribution in [0.15, 0.2) is 36.9 Å². The van der Waals surface area contributed by atoms with E-state index in [1.54, 1.807) is 25.1 Å². The zero-order valence-electron chi connectivity index (χ0n) is 14.1. The first kappa shape index (κ1) is 18.3. The Morgan fingerprint density at radius 1 is 1.24 bits per heavy atom. The second-order valence-corrected chi connectivity index (χ2v) is 5.20. The summed E-state index contributed by atoms with van der Waals surface area (Å²) in [5.74, 6) is -0.464. The summed E-state index contributed by atoms with van der Waals surface area (Å²) in [4.78, 5) is 36.2. The molecule has 0 radical (unpaired) electrons. The molecule has 0 aromatic heterocycles. The molecule has 134 valence electrons. The quantitative estimate of drug-likeness (QED) is 0.653. The molecular weight excluding hydrogens is 326 g/mol. The maximum atomic E-state index is 12.4. The molecule has 8 nitrogen and oxygen atoms in total. The number of anilines is 1. The molecule has 1 aliphatic heterocycles. The molecule has 1 heterocycles. The molecule has 1 N–H and O–H groups in total. The number of ether oxygens (including phenoxy) is 2.